The smallest absolute Gasteiger partial charge is 0.329 e. The van der Waals surface area contributed by atoms with Crippen LogP contribution in [0.15, 0.2) is 18.2 Å². The molecule has 2 rings (SSSR count). The van der Waals surface area contributed by atoms with Gasteiger partial charge in [-0.3, -0.25) is 4.79 Å². The van der Waals surface area contributed by atoms with Crippen molar-refractivity contribution < 1.29 is 19.4 Å². The Kier molecular flexibility index (Phi) is 4.11. The van der Waals surface area contributed by atoms with Crippen LogP contribution >= 0.6 is 23.2 Å². The lowest BCUT2D eigenvalue weighted by molar-refractivity contribution is -0.144. The Balaban J connectivity index is 2.01. The van der Waals surface area contributed by atoms with Crippen LogP contribution in [0.2, 0.25) is 10.0 Å². The van der Waals surface area contributed by atoms with E-state index in [1.54, 1.807) is 18.2 Å². The largest absolute Gasteiger partial charge is 0.480 e. The van der Waals surface area contributed by atoms with Gasteiger partial charge in [-0.05, 0) is 31.9 Å². The molecule has 7 heteroatoms. The summed E-state index contributed by atoms with van der Waals surface area (Å²) < 4.78 is 5.42. The SMILES string of the molecule is CC(Oc1cccc(Cl)c1Cl)C(=O)NC1(C(=O)O)CC1. The van der Waals surface area contributed by atoms with Crippen molar-refractivity contribution in [2.75, 3.05) is 0 Å². The Morgan fingerprint density at radius 2 is 2.05 bits per heavy atom. The second kappa shape index (κ2) is 5.50. The Labute approximate surface area is 125 Å². The van der Waals surface area contributed by atoms with Gasteiger partial charge in [0.05, 0.1) is 5.02 Å². The van der Waals surface area contributed by atoms with E-state index in [4.69, 9.17) is 33.0 Å². The van der Waals surface area contributed by atoms with Gasteiger partial charge in [-0.25, -0.2) is 4.79 Å². The Bertz CT molecular complexity index is 557. The molecule has 20 heavy (non-hydrogen) atoms. The molecule has 1 saturated carbocycles. The van der Waals surface area contributed by atoms with Gasteiger partial charge in [0, 0.05) is 0 Å². The van der Waals surface area contributed by atoms with Gasteiger partial charge in [-0.1, -0.05) is 29.3 Å². The van der Waals surface area contributed by atoms with Gasteiger partial charge in [0.2, 0.25) is 0 Å². The second-order valence-electron chi connectivity index (χ2n) is 4.69. The van der Waals surface area contributed by atoms with Crippen molar-refractivity contribution in [2.24, 2.45) is 0 Å². The Morgan fingerprint density at radius 3 is 2.60 bits per heavy atom. The van der Waals surface area contributed by atoms with Gasteiger partial charge in [-0.15, -0.1) is 0 Å². The van der Waals surface area contributed by atoms with E-state index >= 15 is 0 Å². The number of hydrogen-bond acceptors (Lipinski definition) is 3. The van der Waals surface area contributed by atoms with Crippen LogP contribution in [0.3, 0.4) is 0 Å². The molecular weight excluding hydrogens is 305 g/mol. The standard InChI is InChI=1S/C13H13Cl2NO4/c1-7(11(17)16-13(5-6-13)12(18)19)20-9-4-2-3-8(14)10(9)15/h2-4,7H,5-6H2,1H3,(H,16,17)(H,18,19). The van der Waals surface area contributed by atoms with Crippen LogP contribution in [0, 0.1) is 0 Å². The molecule has 1 fully saturated rings. The first kappa shape index (κ1) is 14.9. The minimum Gasteiger partial charge on any atom is -0.480 e. The lowest BCUT2D eigenvalue weighted by Gasteiger charge is -2.18. The molecule has 2 N–H and O–H groups in total. The number of ether oxygens (including phenoxy) is 1. The molecule has 0 radical (unpaired) electrons. The van der Waals surface area contributed by atoms with E-state index < -0.39 is 23.5 Å². The van der Waals surface area contributed by atoms with Crippen LogP contribution < -0.4 is 10.1 Å². The summed E-state index contributed by atoms with van der Waals surface area (Å²) in [6.07, 6.45) is -0.0139. The van der Waals surface area contributed by atoms with E-state index in [2.05, 4.69) is 5.32 Å². The maximum atomic E-state index is 11.9. The molecule has 1 aliphatic rings. The van der Waals surface area contributed by atoms with E-state index in [0.717, 1.165) is 0 Å². The molecular formula is C13H13Cl2NO4. The third-order valence-corrected chi connectivity index (χ3v) is 3.91. The van der Waals surface area contributed by atoms with Crippen molar-refractivity contribution in [3.8, 4) is 5.75 Å². The van der Waals surface area contributed by atoms with Crippen molar-refractivity contribution in [3.63, 3.8) is 0 Å². The number of carboxylic acids is 1. The summed E-state index contributed by atoms with van der Waals surface area (Å²) in [5.74, 6) is -1.25. The molecule has 1 atom stereocenters. The number of amides is 1. The molecule has 108 valence electrons. The van der Waals surface area contributed by atoms with Crippen molar-refractivity contribution in [1.29, 1.82) is 0 Å². The van der Waals surface area contributed by atoms with Crippen LogP contribution in [0.25, 0.3) is 0 Å². The molecule has 0 bridgehead atoms. The summed E-state index contributed by atoms with van der Waals surface area (Å²) >= 11 is 11.8. The van der Waals surface area contributed by atoms with Crippen LogP contribution in [-0.2, 0) is 9.59 Å². The lowest BCUT2D eigenvalue weighted by Crippen LogP contribution is -2.48. The molecule has 1 aromatic carbocycles. The minimum atomic E-state index is -1.13. The van der Waals surface area contributed by atoms with Crippen molar-refractivity contribution in [2.45, 2.75) is 31.4 Å². The maximum absolute atomic E-state index is 11.9. The predicted molar refractivity (Wildman–Crippen MR) is 74.3 cm³/mol. The van der Waals surface area contributed by atoms with Crippen LogP contribution in [0.1, 0.15) is 19.8 Å². The minimum absolute atomic E-state index is 0.216. The molecule has 1 amide bonds. The molecule has 0 aliphatic heterocycles. The van der Waals surface area contributed by atoms with Gasteiger partial charge in [0.1, 0.15) is 16.3 Å². The average Bonchev–Trinajstić information content (AvgIpc) is 3.16. The molecule has 0 heterocycles. The highest BCUT2D eigenvalue weighted by atomic mass is 35.5. The van der Waals surface area contributed by atoms with Crippen molar-refractivity contribution in [3.05, 3.63) is 28.2 Å². The molecule has 1 aliphatic carbocycles. The molecule has 5 nitrogen and oxygen atoms in total. The van der Waals surface area contributed by atoms with E-state index in [1.807, 2.05) is 0 Å². The lowest BCUT2D eigenvalue weighted by atomic mass is 10.2. The molecule has 1 aromatic rings. The third kappa shape index (κ3) is 2.99. The fourth-order valence-corrected chi connectivity index (χ4v) is 2.01. The normalized spacial score (nSPS) is 17.1. The monoisotopic (exact) mass is 317 g/mol. The zero-order valence-corrected chi connectivity index (χ0v) is 12.2. The fraction of sp³-hybridized carbons (Fsp3) is 0.385. The average molecular weight is 318 g/mol. The number of hydrogen-bond donors (Lipinski definition) is 2. The summed E-state index contributed by atoms with van der Waals surface area (Å²) in [5.41, 5.74) is -1.13. The number of carbonyl (C=O) groups is 2. The number of nitrogens with one attached hydrogen (secondary N) is 1. The number of halogens is 2. The van der Waals surface area contributed by atoms with Gasteiger partial charge >= 0.3 is 5.97 Å². The molecule has 0 saturated heterocycles. The first-order chi connectivity index (χ1) is 9.35. The van der Waals surface area contributed by atoms with Crippen LogP contribution in [0.5, 0.6) is 5.75 Å². The molecule has 1 unspecified atom stereocenters. The van der Waals surface area contributed by atoms with Crippen LogP contribution in [0.4, 0.5) is 0 Å². The van der Waals surface area contributed by atoms with E-state index in [0.29, 0.717) is 17.9 Å². The first-order valence-electron chi connectivity index (χ1n) is 6.02. The number of benzene rings is 1. The Hall–Kier alpha value is -1.46. The highest BCUT2D eigenvalue weighted by Gasteiger charge is 2.52. The van der Waals surface area contributed by atoms with Gasteiger partial charge in [0.15, 0.2) is 6.10 Å². The van der Waals surface area contributed by atoms with Gasteiger partial charge < -0.3 is 15.2 Å². The summed E-state index contributed by atoms with van der Waals surface area (Å²) in [7, 11) is 0. The predicted octanol–water partition coefficient (Wildman–Crippen LogP) is 2.49. The van der Waals surface area contributed by atoms with Gasteiger partial charge in [0.25, 0.3) is 5.91 Å². The number of carboxylic acid groups (broad SMARTS) is 1. The zero-order chi connectivity index (χ0) is 14.9. The number of rotatable bonds is 5. The summed E-state index contributed by atoms with van der Waals surface area (Å²) in [6.45, 7) is 1.52. The fourth-order valence-electron chi connectivity index (χ4n) is 1.67. The summed E-state index contributed by atoms with van der Waals surface area (Å²) in [4.78, 5) is 22.9. The topological polar surface area (TPSA) is 75.6 Å². The summed E-state index contributed by atoms with van der Waals surface area (Å²) in [5, 5.41) is 12.0. The number of aliphatic carboxylic acids is 1. The van der Waals surface area contributed by atoms with Crippen molar-refractivity contribution in [1.82, 2.24) is 5.32 Å². The van der Waals surface area contributed by atoms with Crippen LogP contribution in [-0.4, -0.2) is 28.6 Å². The summed E-state index contributed by atoms with van der Waals surface area (Å²) in [6, 6.07) is 4.83. The third-order valence-electron chi connectivity index (χ3n) is 3.11. The quantitative estimate of drug-likeness (QED) is 0.874. The van der Waals surface area contributed by atoms with Crippen molar-refractivity contribution >= 4 is 35.1 Å². The van der Waals surface area contributed by atoms with E-state index in [9.17, 15) is 9.59 Å². The zero-order valence-electron chi connectivity index (χ0n) is 10.7. The number of carbonyl (C=O) groups excluding carboxylic acids is 1. The first-order valence-corrected chi connectivity index (χ1v) is 6.77. The highest BCUT2D eigenvalue weighted by molar-refractivity contribution is 6.42. The molecule has 0 aromatic heterocycles. The Morgan fingerprint density at radius 1 is 1.40 bits per heavy atom. The van der Waals surface area contributed by atoms with Gasteiger partial charge in [-0.2, -0.15) is 0 Å². The maximum Gasteiger partial charge on any atom is 0.329 e. The molecule has 0 spiro atoms. The second-order valence-corrected chi connectivity index (χ2v) is 5.47. The van der Waals surface area contributed by atoms with E-state index in [-0.39, 0.29) is 10.8 Å². The highest BCUT2D eigenvalue weighted by Crippen LogP contribution is 2.36. The van der Waals surface area contributed by atoms with E-state index in [1.165, 1.54) is 6.92 Å².